The SMILES string of the molecule is CC12C=CCC(CCC1)C2. The summed E-state index contributed by atoms with van der Waals surface area (Å²) in [6.45, 7) is 2.41. The molecule has 0 heteroatoms. The summed E-state index contributed by atoms with van der Waals surface area (Å²) in [4.78, 5) is 0. The van der Waals surface area contributed by atoms with Crippen molar-refractivity contribution >= 4 is 0 Å². The van der Waals surface area contributed by atoms with E-state index in [2.05, 4.69) is 19.1 Å². The standard InChI is InChI=1S/C10H16/c1-10-6-2-4-9(8-10)5-3-7-10/h2,6,9H,3-5,7-8H2,1H3. The lowest BCUT2D eigenvalue weighted by molar-refractivity contribution is 0.198. The first-order valence-corrected chi connectivity index (χ1v) is 4.46. The molecule has 0 aliphatic heterocycles. The van der Waals surface area contributed by atoms with E-state index < -0.39 is 0 Å². The minimum Gasteiger partial charge on any atom is -0.0877 e. The Morgan fingerprint density at radius 3 is 3.10 bits per heavy atom. The van der Waals surface area contributed by atoms with Crippen LogP contribution in [0.5, 0.6) is 0 Å². The van der Waals surface area contributed by atoms with Crippen LogP contribution < -0.4 is 0 Å². The van der Waals surface area contributed by atoms with Gasteiger partial charge in [-0.2, -0.15) is 0 Å². The minimum absolute atomic E-state index is 0.598. The number of fused-ring (bicyclic) bond motifs is 2. The van der Waals surface area contributed by atoms with Crippen molar-refractivity contribution in [2.45, 2.75) is 39.0 Å². The summed E-state index contributed by atoms with van der Waals surface area (Å²) in [7, 11) is 0. The second-order valence-electron chi connectivity index (χ2n) is 4.25. The van der Waals surface area contributed by atoms with Gasteiger partial charge in [-0.05, 0) is 30.6 Å². The van der Waals surface area contributed by atoms with Crippen molar-refractivity contribution in [3.05, 3.63) is 12.2 Å². The van der Waals surface area contributed by atoms with E-state index in [1.807, 2.05) is 0 Å². The zero-order valence-corrected chi connectivity index (χ0v) is 6.77. The van der Waals surface area contributed by atoms with Crippen molar-refractivity contribution < 1.29 is 0 Å². The van der Waals surface area contributed by atoms with Gasteiger partial charge in [0.15, 0.2) is 0 Å². The molecule has 2 aliphatic carbocycles. The average Bonchev–Trinajstić information content (AvgIpc) is 1.86. The van der Waals surface area contributed by atoms with Crippen molar-refractivity contribution in [1.29, 1.82) is 0 Å². The first-order valence-electron chi connectivity index (χ1n) is 4.46. The third-order valence-electron chi connectivity index (χ3n) is 3.10. The molecule has 2 unspecified atom stereocenters. The maximum absolute atomic E-state index is 2.45. The molecule has 0 nitrogen and oxygen atoms in total. The van der Waals surface area contributed by atoms with Crippen molar-refractivity contribution in [2.75, 3.05) is 0 Å². The number of rotatable bonds is 0. The van der Waals surface area contributed by atoms with Crippen molar-refractivity contribution in [1.82, 2.24) is 0 Å². The summed E-state index contributed by atoms with van der Waals surface area (Å²) in [6.07, 6.45) is 12.0. The highest BCUT2D eigenvalue weighted by molar-refractivity contribution is 5.05. The van der Waals surface area contributed by atoms with Crippen LogP contribution in [0.2, 0.25) is 0 Å². The van der Waals surface area contributed by atoms with E-state index in [0.717, 1.165) is 5.92 Å². The van der Waals surface area contributed by atoms with Crippen molar-refractivity contribution in [3.63, 3.8) is 0 Å². The van der Waals surface area contributed by atoms with Gasteiger partial charge in [0.25, 0.3) is 0 Å². The van der Waals surface area contributed by atoms with Gasteiger partial charge in [-0.15, -0.1) is 0 Å². The smallest absolute Gasteiger partial charge is 0.0144 e. The average molecular weight is 136 g/mol. The maximum Gasteiger partial charge on any atom is -0.0144 e. The fraction of sp³-hybridized carbons (Fsp3) is 0.800. The molecule has 0 saturated heterocycles. The molecule has 0 spiro atoms. The van der Waals surface area contributed by atoms with Gasteiger partial charge in [-0.3, -0.25) is 0 Å². The molecule has 0 N–H and O–H groups in total. The Morgan fingerprint density at radius 1 is 1.50 bits per heavy atom. The number of hydrogen-bond donors (Lipinski definition) is 0. The van der Waals surface area contributed by atoms with E-state index >= 15 is 0 Å². The third-order valence-corrected chi connectivity index (χ3v) is 3.10. The lowest BCUT2D eigenvalue weighted by atomic mass is 9.67. The lowest BCUT2D eigenvalue weighted by Gasteiger charge is -2.38. The molecular formula is C10H16. The maximum atomic E-state index is 2.45. The van der Waals surface area contributed by atoms with Gasteiger partial charge < -0.3 is 0 Å². The molecule has 10 heavy (non-hydrogen) atoms. The molecule has 0 aromatic carbocycles. The van der Waals surface area contributed by atoms with E-state index in [9.17, 15) is 0 Å². The number of allylic oxidation sites excluding steroid dienone is 2. The number of hydrogen-bond acceptors (Lipinski definition) is 0. The van der Waals surface area contributed by atoms with Crippen molar-refractivity contribution in [3.8, 4) is 0 Å². The molecule has 0 aromatic rings. The van der Waals surface area contributed by atoms with Crippen LogP contribution in [0.25, 0.3) is 0 Å². The van der Waals surface area contributed by atoms with E-state index in [0.29, 0.717) is 5.41 Å². The highest BCUT2D eigenvalue weighted by atomic mass is 14.4. The Balaban J connectivity index is 2.20. The molecule has 2 rings (SSSR count). The molecule has 0 amide bonds. The van der Waals surface area contributed by atoms with Gasteiger partial charge in [0.2, 0.25) is 0 Å². The Hall–Kier alpha value is -0.260. The predicted molar refractivity (Wildman–Crippen MR) is 43.8 cm³/mol. The topological polar surface area (TPSA) is 0 Å². The summed E-state index contributed by atoms with van der Waals surface area (Å²) in [5, 5.41) is 0. The summed E-state index contributed by atoms with van der Waals surface area (Å²) < 4.78 is 0. The van der Waals surface area contributed by atoms with Crippen LogP contribution in [0.4, 0.5) is 0 Å². The third kappa shape index (κ3) is 1.00. The van der Waals surface area contributed by atoms with Gasteiger partial charge in [0.1, 0.15) is 0 Å². The quantitative estimate of drug-likeness (QED) is 0.449. The van der Waals surface area contributed by atoms with Crippen LogP contribution >= 0.6 is 0 Å². The van der Waals surface area contributed by atoms with Gasteiger partial charge >= 0.3 is 0 Å². The van der Waals surface area contributed by atoms with Crippen LogP contribution in [0.1, 0.15) is 39.0 Å². The fourth-order valence-electron chi connectivity index (χ4n) is 2.56. The molecular weight excluding hydrogens is 120 g/mol. The molecule has 0 radical (unpaired) electrons. The van der Waals surface area contributed by atoms with Gasteiger partial charge in [-0.1, -0.05) is 31.9 Å². The first-order chi connectivity index (χ1) is 4.79. The second-order valence-corrected chi connectivity index (χ2v) is 4.25. The second kappa shape index (κ2) is 2.11. The Morgan fingerprint density at radius 2 is 2.40 bits per heavy atom. The highest BCUT2D eigenvalue weighted by Gasteiger charge is 2.31. The molecule has 1 saturated carbocycles. The molecule has 0 aromatic heterocycles. The van der Waals surface area contributed by atoms with E-state index in [1.165, 1.54) is 32.1 Å². The molecule has 2 atom stereocenters. The monoisotopic (exact) mass is 136 g/mol. The largest absolute Gasteiger partial charge is 0.0877 e. The zero-order valence-electron chi connectivity index (χ0n) is 6.77. The zero-order chi connectivity index (χ0) is 7.03. The Labute approximate surface area is 63.3 Å². The normalized spacial score (nSPS) is 45.5. The fourth-order valence-corrected chi connectivity index (χ4v) is 2.56. The van der Waals surface area contributed by atoms with Crippen LogP contribution in [0.15, 0.2) is 12.2 Å². The summed E-state index contributed by atoms with van der Waals surface area (Å²) >= 11 is 0. The highest BCUT2D eigenvalue weighted by Crippen LogP contribution is 2.44. The summed E-state index contributed by atoms with van der Waals surface area (Å²) in [6, 6.07) is 0. The lowest BCUT2D eigenvalue weighted by Crippen LogP contribution is -2.26. The van der Waals surface area contributed by atoms with Crippen LogP contribution in [-0.4, -0.2) is 0 Å². The van der Waals surface area contributed by atoms with Gasteiger partial charge in [0.05, 0.1) is 0 Å². The van der Waals surface area contributed by atoms with E-state index in [-0.39, 0.29) is 0 Å². The summed E-state index contributed by atoms with van der Waals surface area (Å²) in [5.74, 6) is 1.03. The summed E-state index contributed by atoms with van der Waals surface area (Å²) in [5.41, 5.74) is 0.598. The molecule has 2 bridgehead atoms. The van der Waals surface area contributed by atoms with Crippen LogP contribution in [0, 0.1) is 11.3 Å². The minimum atomic E-state index is 0.598. The van der Waals surface area contributed by atoms with Crippen LogP contribution in [0.3, 0.4) is 0 Å². The van der Waals surface area contributed by atoms with Crippen molar-refractivity contribution in [2.24, 2.45) is 11.3 Å². The van der Waals surface area contributed by atoms with E-state index in [4.69, 9.17) is 0 Å². The molecule has 2 aliphatic rings. The molecule has 1 fully saturated rings. The van der Waals surface area contributed by atoms with Gasteiger partial charge in [0, 0.05) is 0 Å². The predicted octanol–water partition coefficient (Wildman–Crippen LogP) is 3.14. The Bertz CT molecular complexity index is 157. The van der Waals surface area contributed by atoms with Crippen LogP contribution in [-0.2, 0) is 0 Å². The molecule has 56 valence electrons. The first kappa shape index (κ1) is 6.45. The Kier molecular flexibility index (Phi) is 1.36. The molecule has 0 heterocycles. The van der Waals surface area contributed by atoms with Gasteiger partial charge in [-0.25, -0.2) is 0 Å². The van der Waals surface area contributed by atoms with E-state index in [1.54, 1.807) is 0 Å².